The second-order valence-electron chi connectivity index (χ2n) is 6.03. The van der Waals surface area contributed by atoms with E-state index in [4.69, 9.17) is 4.42 Å². The third-order valence-electron chi connectivity index (χ3n) is 4.13. The fourth-order valence-corrected chi connectivity index (χ4v) is 2.84. The number of amides is 1. The van der Waals surface area contributed by atoms with Crippen LogP contribution in [0.2, 0.25) is 0 Å². The number of hydrogen-bond donors (Lipinski definition) is 1. The van der Waals surface area contributed by atoms with E-state index in [1.54, 1.807) is 18.5 Å². The first-order valence-corrected chi connectivity index (χ1v) is 8.34. The Hall–Kier alpha value is -3.47. The minimum atomic E-state index is -0.156. The van der Waals surface area contributed by atoms with Gasteiger partial charge in [0.15, 0.2) is 5.76 Å². The maximum absolute atomic E-state index is 12.8. The highest BCUT2D eigenvalue weighted by molar-refractivity contribution is 6.07. The number of carbonyl (C=O) groups is 1. The predicted molar refractivity (Wildman–Crippen MR) is 99.6 cm³/mol. The monoisotopic (exact) mass is 343 g/mol. The van der Waals surface area contributed by atoms with E-state index < -0.39 is 0 Å². The van der Waals surface area contributed by atoms with Crippen LogP contribution in [0.15, 0.2) is 71.4 Å². The number of fused-ring (bicyclic) bond motifs is 1. The molecule has 0 saturated carbocycles. The molecule has 1 amide bonds. The van der Waals surface area contributed by atoms with Crippen molar-refractivity contribution in [3.05, 3.63) is 83.9 Å². The maximum atomic E-state index is 12.8. The Morgan fingerprint density at radius 2 is 2.00 bits per heavy atom. The Kier molecular flexibility index (Phi) is 4.19. The average molecular weight is 343 g/mol. The Morgan fingerprint density at radius 3 is 2.77 bits per heavy atom. The molecule has 26 heavy (non-hydrogen) atoms. The number of rotatable bonds is 4. The number of hydrogen-bond acceptors (Lipinski definition) is 4. The van der Waals surface area contributed by atoms with Crippen LogP contribution in [-0.2, 0) is 6.54 Å². The Bertz CT molecular complexity index is 1070. The van der Waals surface area contributed by atoms with Gasteiger partial charge in [0.25, 0.3) is 5.91 Å². The van der Waals surface area contributed by atoms with E-state index in [9.17, 15) is 4.79 Å². The van der Waals surface area contributed by atoms with Crippen LogP contribution in [0.5, 0.6) is 0 Å². The van der Waals surface area contributed by atoms with Crippen LogP contribution >= 0.6 is 0 Å². The Morgan fingerprint density at radius 1 is 1.12 bits per heavy atom. The van der Waals surface area contributed by atoms with E-state index in [0.29, 0.717) is 23.6 Å². The molecule has 0 radical (unpaired) electrons. The molecular weight excluding hydrogens is 326 g/mol. The van der Waals surface area contributed by atoms with Gasteiger partial charge in [-0.1, -0.05) is 24.3 Å². The largest absolute Gasteiger partial charge is 0.460 e. The third kappa shape index (κ3) is 3.19. The molecule has 0 spiro atoms. The SMILES string of the molecule is Cc1ccc(-c2cc(C(=O)NCc3cccnc3)c3ccccc3n2)o1. The molecule has 1 N–H and O–H groups in total. The summed E-state index contributed by atoms with van der Waals surface area (Å²) in [6, 6.07) is 16.9. The van der Waals surface area contributed by atoms with Crippen LogP contribution in [0.25, 0.3) is 22.4 Å². The fraction of sp³-hybridized carbons (Fsp3) is 0.0952. The van der Waals surface area contributed by atoms with Gasteiger partial charge in [0.2, 0.25) is 0 Å². The molecule has 0 aliphatic rings. The average Bonchev–Trinajstić information content (AvgIpc) is 3.12. The lowest BCUT2D eigenvalue weighted by Gasteiger charge is -2.10. The van der Waals surface area contributed by atoms with Gasteiger partial charge in [-0.05, 0) is 42.8 Å². The summed E-state index contributed by atoms with van der Waals surface area (Å²) in [7, 11) is 0. The molecule has 0 fully saturated rings. The molecule has 0 aliphatic carbocycles. The summed E-state index contributed by atoms with van der Waals surface area (Å²) in [5.74, 6) is 1.30. The van der Waals surface area contributed by atoms with Crippen LogP contribution in [-0.4, -0.2) is 15.9 Å². The van der Waals surface area contributed by atoms with Crippen molar-refractivity contribution in [1.82, 2.24) is 15.3 Å². The van der Waals surface area contributed by atoms with E-state index in [1.165, 1.54) is 0 Å². The van der Waals surface area contributed by atoms with Gasteiger partial charge in [0.05, 0.1) is 11.1 Å². The first kappa shape index (κ1) is 16.0. The summed E-state index contributed by atoms with van der Waals surface area (Å²) < 4.78 is 5.68. The molecule has 0 saturated heterocycles. The zero-order valence-electron chi connectivity index (χ0n) is 14.3. The summed E-state index contributed by atoms with van der Waals surface area (Å²) in [4.78, 5) is 21.5. The quantitative estimate of drug-likeness (QED) is 0.605. The molecule has 3 heterocycles. The van der Waals surface area contributed by atoms with Gasteiger partial charge >= 0.3 is 0 Å². The summed E-state index contributed by atoms with van der Waals surface area (Å²) in [6.07, 6.45) is 3.45. The van der Waals surface area contributed by atoms with E-state index >= 15 is 0 Å². The Balaban J connectivity index is 1.71. The lowest BCUT2D eigenvalue weighted by atomic mass is 10.1. The van der Waals surface area contributed by atoms with Crippen molar-refractivity contribution < 1.29 is 9.21 Å². The molecular formula is C21H17N3O2. The number of furan rings is 1. The van der Waals surface area contributed by atoms with Crippen molar-refractivity contribution >= 4 is 16.8 Å². The normalized spacial score (nSPS) is 10.8. The molecule has 5 nitrogen and oxygen atoms in total. The third-order valence-corrected chi connectivity index (χ3v) is 4.13. The molecule has 0 bridgehead atoms. The maximum Gasteiger partial charge on any atom is 0.252 e. The van der Waals surface area contributed by atoms with Gasteiger partial charge in [-0.15, -0.1) is 0 Å². The number of benzene rings is 1. The number of para-hydroxylation sites is 1. The summed E-state index contributed by atoms with van der Waals surface area (Å²) >= 11 is 0. The molecule has 3 aromatic heterocycles. The zero-order valence-corrected chi connectivity index (χ0v) is 14.3. The van der Waals surface area contributed by atoms with Gasteiger partial charge in [-0.3, -0.25) is 9.78 Å². The zero-order chi connectivity index (χ0) is 17.9. The molecule has 5 heteroatoms. The van der Waals surface area contributed by atoms with Crippen molar-refractivity contribution in [3.8, 4) is 11.5 Å². The summed E-state index contributed by atoms with van der Waals surface area (Å²) in [5, 5.41) is 3.76. The van der Waals surface area contributed by atoms with Gasteiger partial charge in [0, 0.05) is 24.3 Å². The number of pyridine rings is 2. The smallest absolute Gasteiger partial charge is 0.252 e. The highest BCUT2D eigenvalue weighted by atomic mass is 16.3. The first-order valence-electron chi connectivity index (χ1n) is 8.34. The number of nitrogens with one attached hydrogen (secondary N) is 1. The lowest BCUT2D eigenvalue weighted by Crippen LogP contribution is -2.23. The second kappa shape index (κ2) is 6.80. The van der Waals surface area contributed by atoms with E-state index in [2.05, 4.69) is 15.3 Å². The van der Waals surface area contributed by atoms with Gasteiger partial charge in [0.1, 0.15) is 11.5 Å². The second-order valence-corrected chi connectivity index (χ2v) is 6.03. The molecule has 0 aliphatic heterocycles. The van der Waals surface area contributed by atoms with Gasteiger partial charge < -0.3 is 9.73 Å². The fourth-order valence-electron chi connectivity index (χ4n) is 2.84. The summed E-state index contributed by atoms with van der Waals surface area (Å²) in [6.45, 7) is 2.30. The standard InChI is InChI=1S/C21H17N3O2/c1-14-8-9-20(26-14)19-11-17(16-6-2-3-7-18(16)24-19)21(25)23-13-15-5-4-10-22-12-15/h2-12H,13H2,1H3,(H,23,25). The summed E-state index contributed by atoms with van der Waals surface area (Å²) in [5.41, 5.74) is 2.92. The van der Waals surface area contributed by atoms with Crippen molar-refractivity contribution in [2.24, 2.45) is 0 Å². The van der Waals surface area contributed by atoms with Crippen molar-refractivity contribution in [2.75, 3.05) is 0 Å². The van der Waals surface area contributed by atoms with Crippen LogP contribution in [0.3, 0.4) is 0 Å². The van der Waals surface area contributed by atoms with Crippen LogP contribution in [0, 0.1) is 6.92 Å². The lowest BCUT2D eigenvalue weighted by molar-refractivity contribution is 0.0952. The highest BCUT2D eigenvalue weighted by Gasteiger charge is 2.15. The van der Waals surface area contributed by atoms with E-state index in [0.717, 1.165) is 22.2 Å². The highest BCUT2D eigenvalue weighted by Crippen LogP contribution is 2.26. The van der Waals surface area contributed by atoms with Gasteiger partial charge in [-0.2, -0.15) is 0 Å². The van der Waals surface area contributed by atoms with Crippen LogP contribution in [0.1, 0.15) is 21.7 Å². The molecule has 1 aromatic carbocycles. The van der Waals surface area contributed by atoms with Crippen molar-refractivity contribution in [1.29, 1.82) is 0 Å². The van der Waals surface area contributed by atoms with Gasteiger partial charge in [-0.25, -0.2) is 4.98 Å². The Labute approximate surface area is 150 Å². The topological polar surface area (TPSA) is 68.0 Å². The number of aromatic nitrogens is 2. The number of aryl methyl sites for hydroxylation is 1. The van der Waals surface area contributed by atoms with Crippen LogP contribution < -0.4 is 5.32 Å². The first-order chi connectivity index (χ1) is 12.7. The van der Waals surface area contributed by atoms with E-state index in [-0.39, 0.29) is 5.91 Å². The molecule has 0 atom stereocenters. The predicted octanol–water partition coefficient (Wildman–Crippen LogP) is 4.13. The number of nitrogens with zero attached hydrogens (tertiary/aromatic N) is 2. The molecule has 4 aromatic rings. The minimum Gasteiger partial charge on any atom is -0.460 e. The number of carbonyl (C=O) groups excluding carboxylic acids is 1. The van der Waals surface area contributed by atoms with Crippen molar-refractivity contribution in [3.63, 3.8) is 0 Å². The molecule has 0 unspecified atom stereocenters. The molecule has 128 valence electrons. The van der Waals surface area contributed by atoms with E-state index in [1.807, 2.05) is 55.5 Å². The molecule has 4 rings (SSSR count). The van der Waals surface area contributed by atoms with Crippen molar-refractivity contribution in [2.45, 2.75) is 13.5 Å². The minimum absolute atomic E-state index is 0.156. The van der Waals surface area contributed by atoms with Crippen LogP contribution in [0.4, 0.5) is 0 Å².